The number of fused-ring (bicyclic) bond motifs is 1. The Balaban J connectivity index is 2.04. The first-order chi connectivity index (χ1) is 10.0. The van der Waals surface area contributed by atoms with Crippen molar-refractivity contribution in [2.75, 3.05) is 25.6 Å². The van der Waals surface area contributed by atoms with E-state index in [1.807, 2.05) is 19.0 Å². The minimum absolute atomic E-state index is 0.241. The smallest absolute Gasteiger partial charge is 0.155 e. The van der Waals surface area contributed by atoms with Crippen LogP contribution in [0.3, 0.4) is 0 Å². The van der Waals surface area contributed by atoms with E-state index >= 15 is 0 Å². The molecule has 0 aromatic carbocycles. The van der Waals surface area contributed by atoms with Gasteiger partial charge in [-0.15, -0.1) is 0 Å². The van der Waals surface area contributed by atoms with Gasteiger partial charge in [-0.05, 0) is 0 Å². The highest BCUT2D eigenvalue weighted by atomic mass is 16.3. The van der Waals surface area contributed by atoms with Gasteiger partial charge in [-0.25, -0.2) is 9.97 Å². The van der Waals surface area contributed by atoms with Crippen LogP contribution in [-0.4, -0.2) is 69.2 Å². The molecule has 8 nitrogen and oxygen atoms in total. The fourth-order valence-corrected chi connectivity index (χ4v) is 2.82. The molecule has 0 amide bonds. The first-order valence-corrected chi connectivity index (χ1v) is 6.77. The molecule has 4 unspecified atom stereocenters. The summed E-state index contributed by atoms with van der Waals surface area (Å²) in [6.45, 7) is -0.241. The number of aliphatic hydroxyl groups excluding tert-OH is 3. The minimum atomic E-state index is -1.01. The largest absolute Gasteiger partial charge is 0.395 e. The molecule has 2 aromatic heterocycles. The molecule has 0 aliphatic carbocycles. The zero-order valence-electron chi connectivity index (χ0n) is 11.9. The summed E-state index contributed by atoms with van der Waals surface area (Å²) in [6, 6.07) is -1.04. The van der Waals surface area contributed by atoms with Crippen LogP contribution in [0.1, 0.15) is 11.6 Å². The third kappa shape index (κ3) is 2.16. The third-order valence-electron chi connectivity index (χ3n) is 3.93. The van der Waals surface area contributed by atoms with Crippen LogP contribution < -0.4 is 10.2 Å². The highest BCUT2D eigenvalue weighted by molar-refractivity contribution is 5.88. The lowest BCUT2D eigenvalue weighted by Crippen LogP contribution is -2.35. The van der Waals surface area contributed by atoms with Crippen LogP contribution in [0.4, 0.5) is 5.82 Å². The number of aliphatic hydroxyl groups is 3. The predicted octanol–water partition coefficient (Wildman–Crippen LogP) is -1.25. The molecule has 5 N–H and O–H groups in total. The summed E-state index contributed by atoms with van der Waals surface area (Å²) >= 11 is 0. The van der Waals surface area contributed by atoms with Crippen LogP contribution in [0.25, 0.3) is 11.0 Å². The number of aromatic nitrogens is 3. The van der Waals surface area contributed by atoms with Gasteiger partial charge in [0.15, 0.2) is 5.82 Å². The summed E-state index contributed by atoms with van der Waals surface area (Å²) in [5, 5.41) is 32.4. The van der Waals surface area contributed by atoms with Crippen molar-refractivity contribution in [3.63, 3.8) is 0 Å². The molecule has 21 heavy (non-hydrogen) atoms. The number of anilines is 1. The van der Waals surface area contributed by atoms with Gasteiger partial charge in [-0.2, -0.15) is 0 Å². The van der Waals surface area contributed by atoms with Gasteiger partial charge in [0.25, 0.3) is 0 Å². The summed E-state index contributed by atoms with van der Waals surface area (Å²) in [7, 11) is 3.77. The lowest BCUT2D eigenvalue weighted by atomic mass is 10.0. The number of hydrogen-bond donors (Lipinski definition) is 5. The van der Waals surface area contributed by atoms with Gasteiger partial charge in [0.05, 0.1) is 30.3 Å². The van der Waals surface area contributed by atoms with Crippen LogP contribution in [0, 0.1) is 0 Å². The van der Waals surface area contributed by atoms with Gasteiger partial charge >= 0.3 is 0 Å². The molecule has 1 saturated heterocycles. The maximum Gasteiger partial charge on any atom is 0.155 e. The Kier molecular flexibility index (Phi) is 3.54. The number of aromatic amines is 1. The molecule has 2 aromatic rings. The van der Waals surface area contributed by atoms with E-state index in [0.717, 1.165) is 16.9 Å². The molecule has 3 heterocycles. The molecule has 0 radical (unpaired) electrons. The second-order valence-electron chi connectivity index (χ2n) is 5.47. The van der Waals surface area contributed by atoms with Crippen LogP contribution in [0.2, 0.25) is 0 Å². The second-order valence-corrected chi connectivity index (χ2v) is 5.47. The standard InChI is InChI=1S/C13H19N5O3/c1-18(2)13-10-8(15-5-16-13)6(3-14-10)9-12(21)11(20)7(4-19)17-9/h3,5,7,9,11-12,14,17,19-21H,4H2,1-2H3. The van der Waals surface area contributed by atoms with E-state index in [1.54, 1.807) is 6.20 Å². The van der Waals surface area contributed by atoms with E-state index in [2.05, 4.69) is 20.3 Å². The molecular weight excluding hydrogens is 274 g/mol. The quantitative estimate of drug-likeness (QED) is 0.480. The molecule has 1 aliphatic heterocycles. The Hall–Kier alpha value is -1.74. The minimum Gasteiger partial charge on any atom is -0.395 e. The van der Waals surface area contributed by atoms with Crippen molar-refractivity contribution in [3.8, 4) is 0 Å². The fraction of sp³-hybridized carbons (Fsp3) is 0.538. The van der Waals surface area contributed by atoms with Crippen molar-refractivity contribution in [1.82, 2.24) is 20.3 Å². The normalized spacial score (nSPS) is 29.2. The first kappa shape index (κ1) is 14.2. The van der Waals surface area contributed by atoms with E-state index in [9.17, 15) is 15.3 Å². The average Bonchev–Trinajstić information content (AvgIpc) is 3.01. The Bertz CT molecular complexity index is 644. The molecule has 0 bridgehead atoms. The van der Waals surface area contributed by atoms with Gasteiger partial charge in [0, 0.05) is 25.9 Å². The van der Waals surface area contributed by atoms with Gasteiger partial charge in [0.1, 0.15) is 17.9 Å². The second kappa shape index (κ2) is 5.23. The number of rotatable bonds is 3. The monoisotopic (exact) mass is 293 g/mol. The van der Waals surface area contributed by atoms with Gasteiger partial charge in [-0.3, -0.25) is 0 Å². The van der Waals surface area contributed by atoms with Gasteiger partial charge < -0.3 is 30.5 Å². The summed E-state index contributed by atoms with van der Waals surface area (Å²) in [4.78, 5) is 13.5. The van der Waals surface area contributed by atoms with Crippen molar-refractivity contribution in [1.29, 1.82) is 0 Å². The fourth-order valence-electron chi connectivity index (χ4n) is 2.82. The summed E-state index contributed by atoms with van der Waals surface area (Å²) in [5.41, 5.74) is 2.21. The third-order valence-corrected chi connectivity index (χ3v) is 3.93. The highest BCUT2D eigenvalue weighted by Gasteiger charge is 2.42. The number of hydrogen-bond acceptors (Lipinski definition) is 7. The zero-order valence-corrected chi connectivity index (χ0v) is 11.9. The topological polar surface area (TPSA) is 118 Å². The van der Waals surface area contributed by atoms with Crippen molar-refractivity contribution in [2.45, 2.75) is 24.3 Å². The summed E-state index contributed by atoms with van der Waals surface area (Å²) in [6.07, 6.45) is 1.20. The van der Waals surface area contributed by atoms with E-state index in [4.69, 9.17) is 0 Å². The summed E-state index contributed by atoms with van der Waals surface area (Å²) < 4.78 is 0. The van der Waals surface area contributed by atoms with Crippen molar-refractivity contribution < 1.29 is 15.3 Å². The lowest BCUT2D eigenvalue weighted by Gasteiger charge is -2.15. The molecule has 4 atom stereocenters. The molecule has 0 saturated carbocycles. The van der Waals surface area contributed by atoms with E-state index in [0.29, 0.717) is 5.52 Å². The molecule has 114 valence electrons. The highest BCUT2D eigenvalue weighted by Crippen LogP contribution is 2.33. The van der Waals surface area contributed by atoms with Crippen molar-refractivity contribution >= 4 is 16.9 Å². The number of H-pyrrole nitrogens is 1. The Morgan fingerprint density at radius 2 is 2.00 bits per heavy atom. The summed E-state index contributed by atoms with van der Waals surface area (Å²) in [5.74, 6) is 0.748. The molecular formula is C13H19N5O3. The first-order valence-electron chi connectivity index (χ1n) is 6.77. The Morgan fingerprint density at radius 1 is 1.24 bits per heavy atom. The average molecular weight is 293 g/mol. The maximum absolute atomic E-state index is 10.2. The molecule has 0 spiro atoms. The van der Waals surface area contributed by atoms with E-state index in [1.165, 1.54) is 6.33 Å². The molecule has 8 heteroatoms. The van der Waals surface area contributed by atoms with E-state index < -0.39 is 24.3 Å². The van der Waals surface area contributed by atoms with Gasteiger partial charge in [0.2, 0.25) is 0 Å². The molecule has 3 rings (SSSR count). The Labute approximate surface area is 121 Å². The van der Waals surface area contributed by atoms with Crippen LogP contribution in [0.5, 0.6) is 0 Å². The maximum atomic E-state index is 10.2. The van der Waals surface area contributed by atoms with E-state index in [-0.39, 0.29) is 6.61 Å². The SMILES string of the molecule is CN(C)c1ncnc2c(C3NC(CO)C(O)C3O)c[nH]c12. The van der Waals surface area contributed by atoms with Crippen LogP contribution in [-0.2, 0) is 0 Å². The van der Waals surface area contributed by atoms with Crippen molar-refractivity contribution in [2.24, 2.45) is 0 Å². The molecule has 1 fully saturated rings. The number of nitrogens with one attached hydrogen (secondary N) is 2. The van der Waals surface area contributed by atoms with Crippen LogP contribution >= 0.6 is 0 Å². The Morgan fingerprint density at radius 3 is 2.62 bits per heavy atom. The van der Waals surface area contributed by atoms with Gasteiger partial charge in [-0.1, -0.05) is 0 Å². The lowest BCUT2D eigenvalue weighted by molar-refractivity contribution is 0.0196. The van der Waals surface area contributed by atoms with Crippen LogP contribution in [0.15, 0.2) is 12.5 Å². The van der Waals surface area contributed by atoms with Crippen molar-refractivity contribution in [3.05, 3.63) is 18.1 Å². The zero-order chi connectivity index (χ0) is 15.1. The predicted molar refractivity (Wildman–Crippen MR) is 77.0 cm³/mol. The number of nitrogens with zero attached hydrogens (tertiary/aromatic N) is 3. The molecule has 1 aliphatic rings.